The Labute approximate surface area is 136 Å². The SMILES string of the molecule is COc1ccc(OCC(=O)c2ccc(OC)c(F)c2)c([N+](=O)[O-])c1. The third-order valence-corrected chi connectivity index (χ3v) is 3.20. The van der Waals surface area contributed by atoms with Crippen LogP contribution in [0.3, 0.4) is 0 Å². The van der Waals surface area contributed by atoms with Gasteiger partial charge in [-0.05, 0) is 30.3 Å². The van der Waals surface area contributed by atoms with Gasteiger partial charge in [0.05, 0.1) is 25.2 Å². The van der Waals surface area contributed by atoms with Gasteiger partial charge < -0.3 is 14.2 Å². The van der Waals surface area contributed by atoms with Crippen LogP contribution in [0.1, 0.15) is 10.4 Å². The molecular weight excluding hydrogens is 321 g/mol. The summed E-state index contributed by atoms with van der Waals surface area (Å²) in [6.45, 7) is -0.473. The summed E-state index contributed by atoms with van der Waals surface area (Å²) in [5.74, 6) is -0.987. The maximum Gasteiger partial charge on any atom is 0.314 e. The highest BCUT2D eigenvalue weighted by Gasteiger charge is 2.18. The van der Waals surface area contributed by atoms with Crippen molar-refractivity contribution in [3.05, 3.63) is 57.9 Å². The summed E-state index contributed by atoms with van der Waals surface area (Å²) in [6, 6.07) is 7.72. The fourth-order valence-corrected chi connectivity index (χ4v) is 1.96. The Morgan fingerprint density at radius 3 is 2.42 bits per heavy atom. The monoisotopic (exact) mass is 335 g/mol. The smallest absolute Gasteiger partial charge is 0.314 e. The van der Waals surface area contributed by atoms with E-state index in [-0.39, 0.29) is 28.5 Å². The van der Waals surface area contributed by atoms with Gasteiger partial charge in [-0.15, -0.1) is 0 Å². The lowest BCUT2D eigenvalue weighted by atomic mass is 10.1. The van der Waals surface area contributed by atoms with E-state index in [1.54, 1.807) is 0 Å². The van der Waals surface area contributed by atoms with Crippen LogP contribution in [0.15, 0.2) is 36.4 Å². The van der Waals surface area contributed by atoms with Crippen LogP contribution in [0.2, 0.25) is 0 Å². The zero-order chi connectivity index (χ0) is 17.7. The van der Waals surface area contributed by atoms with Crippen molar-refractivity contribution in [1.82, 2.24) is 0 Å². The third-order valence-electron chi connectivity index (χ3n) is 3.20. The molecule has 0 saturated carbocycles. The van der Waals surface area contributed by atoms with Gasteiger partial charge in [-0.2, -0.15) is 0 Å². The summed E-state index contributed by atoms with van der Waals surface area (Å²) in [4.78, 5) is 22.4. The molecule has 0 radical (unpaired) electrons. The largest absolute Gasteiger partial charge is 0.496 e. The normalized spacial score (nSPS) is 10.1. The van der Waals surface area contributed by atoms with Crippen molar-refractivity contribution in [3.63, 3.8) is 0 Å². The summed E-state index contributed by atoms with van der Waals surface area (Å²) < 4.78 is 28.5. The number of nitro groups is 1. The van der Waals surface area contributed by atoms with Crippen molar-refractivity contribution in [3.8, 4) is 17.2 Å². The van der Waals surface area contributed by atoms with E-state index in [1.165, 1.54) is 44.6 Å². The van der Waals surface area contributed by atoms with Crippen LogP contribution >= 0.6 is 0 Å². The number of nitro benzene ring substituents is 1. The van der Waals surface area contributed by atoms with E-state index in [1.807, 2.05) is 0 Å². The van der Waals surface area contributed by atoms with Crippen LogP contribution in [0.4, 0.5) is 10.1 Å². The maximum atomic E-state index is 13.6. The van der Waals surface area contributed by atoms with Crippen LogP contribution in [-0.4, -0.2) is 31.5 Å². The number of hydrogen-bond acceptors (Lipinski definition) is 6. The second-order valence-electron chi connectivity index (χ2n) is 4.65. The molecule has 0 bridgehead atoms. The lowest BCUT2D eigenvalue weighted by Crippen LogP contribution is -2.12. The van der Waals surface area contributed by atoms with E-state index in [9.17, 15) is 19.3 Å². The number of hydrogen-bond donors (Lipinski definition) is 0. The first kappa shape index (κ1) is 17.2. The molecule has 2 aromatic rings. The zero-order valence-electron chi connectivity index (χ0n) is 12.9. The second kappa shape index (κ2) is 7.40. The highest BCUT2D eigenvalue weighted by Crippen LogP contribution is 2.31. The molecule has 0 fully saturated rings. The molecule has 0 aliphatic rings. The predicted molar refractivity (Wildman–Crippen MR) is 82.4 cm³/mol. The minimum atomic E-state index is -0.682. The molecule has 0 unspecified atom stereocenters. The van der Waals surface area contributed by atoms with Gasteiger partial charge in [-0.3, -0.25) is 14.9 Å². The van der Waals surface area contributed by atoms with E-state index < -0.39 is 23.1 Å². The Kier molecular flexibility index (Phi) is 5.31. The van der Waals surface area contributed by atoms with Crippen molar-refractivity contribution >= 4 is 11.5 Å². The van der Waals surface area contributed by atoms with Crippen LogP contribution in [0.25, 0.3) is 0 Å². The van der Waals surface area contributed by atoms with Crippen LogP contribution < -0.4 is 14.2 Å². The molecule has 0 aliphatic heterocycles. The maximum absolute atomic E-state index is 13.6. The number of carbonyl (C=O) groups is 1. The molecule has 0 aliphatic carbocycles. The van der Waals surface area contributed by atoms with Gasteiger partial charge in [0.2, 0.25) is 0 Å². The van der Waals surface area contributed by atoms with Crippen molar-refractivity contribution in [2.45, 2.75) is 0 Å². The fraction of sp³-hybridized carbons (Fsp3) is 0.188. The Balaban J connectivity index is 2.14. The summed E-state index contributed by atoms with van der Waals surface area (Å²) >= 11 is 0. The van der Waals surface area contributed by atoms with Gasteiger partial charge in [0.25, 0.3) is 0 Å². The standard InChI is InChI=1S/C16H14FNO6/c1-22-11-4-6-16(13(8-11)18(20)21)24-9-14(19)10-3-5-15(23-2)12(17)7-10/h3-8H,9H2,1-2H3. The molecule has 0 atom stereocenters. The van der Waals surface area contributed by atoms with Gasteiger partial charge in [0, 0.05) is 5.56 Å². The number of Topliss-reactive ketones (excluding diaryl/α,β-unsaturated/α-hetero) is 1. The van der Waals surface area contributed by atoms with Crippen molar-refractivity contribution in [2.24, 2.45) is 0 Å². The molecule has 0 spiro atoms. The Hall–Kier alpha value is -3.16. The van der Waals surface area contributed by atoms with Crippen molar-refractivity contribution < 1.29 is 28.3 Å². The van der Waals surface area contributed by atoms with Crippen LogP contribution in [0, 0.1) is 15.9 Å². The van der Waals surface area contributed by atoms with E-state index in [2.05, 4.69) is 0 Å². The first-order valence-corrected chi connectivity index (χ1v) is 6.78. The molecular formula is C16H14FNO6. The summed E-state index contributed by atoms with van der Waals surface area (Å²) in [5, 5.41) is 11.0. The lowest BCUT2D eigenvalue weighted by Gasteiger charge is -2.08. The van der Waals surface area contributed by atoms with E-state index >= 15 is 0 Å². The fourth-order valence-electron chi connectivity index (χ4n) is 1.96. The third kappa shape index (κ3) is 3.78. The van der Waals surface area contributed by atoms with Crippen LogP contribution in [-0.2, 0) is 0 Å². The molecule has 0 aromatic heterocycles. The summed E-state index contributed by atoms with van der Waals surface area (Å²) in [5.41, 5.74) is -0.257. The average molecular weight is 335 g/mol. The minimum absolute atomic E-state index is 0.0123. The van der Waals surface area contributed by atoms with Crippen molar-refractivity contribution in [2.75, 3.05) is 20.8 Å². The summed E-state index contributed by atoms with van der Waals surface area (Å²) in [7, 11) is 2.69. The molecule has 2 aromatic carbocycles. The molecule has 0 saturated heterocycles. The minimum Gasteiger partial charge on any atom is -0.496 e. The number of nitrogens with zero attached hydrogens (tertiary/aromatic N) is 1. The number of rotatable bonds is 7. The van der Waals surface area contributed by atoms with Gasteiger partial charge in [0.15, 0.2) is 29.7 Å². The Morgan fingerprint density at radius 1 is 1.12 bits per heavy atom. The quantitative estimate of drug-likeness (QED) is 0.439. The predicted octanol–water partition coefficient (Wildman–Crippen LogP) is 3.01. The number of carbonyl (C=O) groups excluding carboxylic acids is 1. The number of methoxy groups -OCH3 is 2. The molecule has 2 rings (SSSR count). The molecule has 126 valence electrons. The molecule has 8 heteroatoms. The molecule has 24 heavy (non-hydrogen) atoms. The topological polar surface area (TPSA) is 87.9 Å². The van der Waals surface area contributed by atoms with E-state index in [4.69, 9.17) is 14.2 Å². The number of ketones is 1. The summed E-state index contributed by atoms with van der Waals surface area (Å²) in [6.07, 6.45) is 0. The lowest BCUT2D eigenvalue weighted by molar-refractivity contribution is -0.385. The highest BCUT2D eigenvalue weighted by atomic mass is 19.1. The molecule has 7 nitrogen and oxygen atoms in total. The number of ether oxygens (including phenoxy) is 3. The molecule has 0 N–H and O–H groups in total. The number of benzene rings is 2. The zero-order valence-corrected chi connectivity index (χ0v) is 12.9. The first-order chi connectivity index (χ1) is 11.5. The van der Waals surface area contributed by atoms with Gasteiger partial charge in [0.1, 0.15) is 5.75 Å². The van der Waals surface area contributed by atoms with E-state index in [0.29, 0.717) is 0 Å². The van der Waals surface area contributed by atoms with Gasteiger partial charge >= 0.3 is 5.69 Å². The molecule has 0 amide bonds. The average Bonchev–Trinajstić information content (AvgIpc) is 2.59. The van der Waals surface area contributed by atoms with Gasteiger partial charge in [-0.25, -0.2) is 4.39 Å². The second-order valence-corrected chi connectivity index (χ2v) is 4.65. The van der Waals surface area contributed by atoms with E-state index in [0.717, 1.165) is 6.07 Å². The Bertz CT molecular complexity index is 777. The first-order valence-electron chi connectivity index (χ1n) is 6.78. The molecule has 0 heterocycles. The highest BCUT2D eigenvalue weighted by molar-refractivity contribution is 5.97. The van der Waals surface area contributed by atoms with Gasteiger partial charge in [-0.1, -0.05) is 0 Å². The Morgan fingerprint density at radius 2 is 1.83 bits per heavy atom. The van der Waals surface area contributed by atoms with Crippen molar-refractivity contribution in [1.29, 1.82) is 0 Å². The number of halogens is 1. The van der Waals surface area contributed by atoms with Crippen LogP contribution in [0.5, 0.6) is 17.2 Å².